The molecule has 0 amide bonds. The maximum absolute atomic E-state index is 11.5. The van der Waals surface area contributed by atoms with Gasteiger partial charge in [-0.15, -0.1) is 0 Å². The summed E-state index contributed by atoms with van der Waals surface area (Å²) in [5.41, 5.74) is 13.3. The van der Waals surface area contributed by atoms with Crippen LogP contribution in [0, 0.1) is 13.8 Å². The lowest BCUT2D eigenvalue weighted by molar-refractivity contribution is 0.420. The summed E-state index contributed by atoms with van der Waals surface area (Å²) >= 11 is 0. The van der Waals surface area contributed by atoms with Crippen LogP contribution in [0.4, 0.5) is 0 Å². The first kappa shape index (κ1) is 56.4. The first-order valence-electron chi connectivity index (χ1n) is 24.6. The van der Waals surface area contributed by atoms with Crippen LogP contribution >= 0.6 is 0 Å². The molecule has 0 bridgehead atoms. The average molecular weight is 905 g/mol. The first-order chi connectivity index (χ1) is 29.1. The van der Waals surface area contributed by atoms with Crippen molar-refractivity contribution in [3.63, 3.8) is 0 Å². The predicted molar refractivity (Wildman–Crippen MR) is 286 cm³/mol. The summed E-state index contributed by atoms with van der Waals surface area (Å²) in [6.07, 6.45) is 0.509. The molecule has 4 aromatic rings. The van der Waals surface area contributed by atoms with Gasteiger partial charge in [0.05, 0.1) is 0 Å². The molecule has 0 fully saturated rings. The molecule has 4 nitrogen and oxygen atoms in total. The highest BCUT2D eigenvalue weighted by atomic mass is 16.3. The fraction of sp³-hybridized carbons (Fsp3) is 0.613. The van der Waals surface area contributed by atoms with Gasteiger partial charge in [-0.05, 0) is 124 Å². The molecule has 0 heterocycles. The number of hydrogen-bond donors (Lipinski definition) is 4. The zero-order chi connectivity index (χ0) is 51.8. The second-order valence-electron chi connectivity index (χ2n) is 28.5. The molecular weight excluding hydrogens is 809 g/mol. The lowest BCUT2D eigenvalue weighted by Crippen LogP contribution is -2.26. The highest BCUT2D eigenvalue weighted by Crippen LogP contribution is 2.49. The largest absolute Gasteiger partial charge is 0.507 e. The SMILES string of the molecule is CC(C)(C)c1cc(C(C)(C)c2cc(C(C)(C)C)c(O)c(C(C)(C)C)c2)cc(C(C)(C)C)c1O.Cc1c(C(C)(C)C)cc(C(C)(C)C)c(O)c1Cc1c(C)c(C(C)(C)C)cc(C(C)(C)C)c1O. The van der Waals surface area contributed by atoms with Gasteiger partial charge >= 0.3 is 0 Å². The molecule has 0 aliphatic rings. The maximum Gasteiger partial charge on any atom is 0.123 e. The quantitative estimate of drug-likeness (QED) is 0.164. The molecule has 4 rings (SSSR count). The molecule has 0 spiro atoms. The van der Waals surface area contributed by atoms with E-state index in [9.17, 15) is 20.4 Å². The topological polar surface area (TPSA) is 80.9 Å². The first-order valence-corrected chi connectivity index (χ1v) is 24.6. The van der Waals surface area contributed by atoms with Gasteiger partial charge in [0.2, 0.25) is 0 Å². The van der Waals surface area contributed by atoms with E-state index in [2.05, 4.69) is 230 Å². The molecular formula is C62H96O4. The van der Waals surface area contributed by atoms with E-state index in [1.54, 1.807) is 0 Å². The molecule has 0 aromatic heterocycles. The average Bonchev–Trinajstić information content (AvgIpc) is 3.07. The van der Waals surface area contributed by atoms with E-state index in [0.717, 1.165) is 55.6 Å². The summed E-state index contributed by atoms with van der Waals surface area (Å²) in [4.78, 5) is 0. The minimum atomic E-state index is -0.318. The van der Waals surface area contributed by atoms with Crippen molar-refractivity contribution in [1.82, 2.24) is 0 Å². The maximum atomic E-state index is 11.5. The number of rotatable bonds is 4. The third-order valence-electron chi connectivity index (χ3n) is 13.9. The number of aromatic hydroxyl groups is 4. The summed E-state index contributed by atoms with van der Waals surface area (Å²) < 4.78 is 0. The van der Waals surface area contributed by atoms with Crippen LogP contribution in [0.25, 0.3) is 0 Å². The van der Waals surface area contributed by atoms with Crippen molar-refractivity contribution < 1.29 is 20.4 Å². The van der Waals surface area contributed by atoms with Gasteiger partial charge in [0.25, 0.3) is 0 Å². The third kappa shape index (κ3) is 12.0. The van der Waals surface area contributed by atoms with E-state index < -0.39 is 0 Å². The van der Waals surface area contributed by atoms with Crippen molar-refractivity contribution in [3.05, 3.63) is 114 Å². The van der Waals surface area contributed by atoms with Crippen molar-refractivity contribution in [1.29, 1.82) is 0 Å². The Hall–Kier alpha value is -3.92. The Balaban J connectivity index is 0.000000350. The summed E-state index contributed by atoms with van der Waals surface area (Å²) in [6.45, 7) is 60.8. The van der Waals surface area contributed by atoms with Crippen LogP contribution in [0.1, 0.15) is 258 Å². The number of hydrogen-bond acceptors (Lipinski definition) is 4. The van der Waals surface area contributed by atoms with Crippen LogP contribution in [0.5, 0.6) is 23.0 Å². The lowest BCUT2D eigenvalue weighted by Gasteiger charge is -2.35. The normalized spacial score (nSPS) is 13.8. The Kier molecular flexibility index (Phi) is 15.3. The Morgan fingerprint density at radius 1 is 0.273 bits per heavy atom. The van der Waals surface area contributed by atoms with Crippen molar-refractivity contribution in [2.24, 2.45) is 0 Å². The minimum absolute atomic E-state index is 0.0482. The van der Waals surface area contributed by atoms with E-state index in [1.165, 1.54) is 22.3 Å². The Morgan fingerprint density at radius 2 is 0.455 bits per heavy atom. The zero-order valence-electron chi connectivity index (χ0n) is 47.5. The smallest absolute Gasteiger partial charge is 0.123 e. The summed E-state index contributed by atoms with van der Waals surface area (Å²) in [7, 11) is 0. The van der Waals surface area contributed by atoms with Crippen molar-refractivity contribution in [2.45, 2.75) is 249 Å². The molecule has 4 aromatic carbocycles. The summed E-state index contributed by atoms with van der Waals surface area (Å²) in [5.74, 6) is 1.55. The molecule has 0 saturated heterocycles. The van der Waals surface area contributed by atoms with Gasteiger partial charge in [0, 0.05) is 23.0 Å². The minimum Gasteiger partial charge on any atom is -0.507 e. The van der Waals surface area contributed by atoms with Gasteiger partial charge < -0.3 is 20.4 Å². The molecule has 66 heavy (non-hydrogen) atoms. The second-order valence-corrected chi connectivity index (χ2v) is 28.5. The number of benzene rings is 4. The molecule has 368 valence electrons. The second kappa shape index (κ2) is 17.9. The van der Waals surface area contributed by atoms with Crippen LogP contribution in [-0.4, -0.2) is 20.4 Å². The van der Waals surface area contributed by atoms with Crippen LogP contribution in [0.15, 0.2) is 36.4 Å². The van der Waals surface area contributed by atoms with E-state index in [4.69, 9.17) is 0 Å². The highest BCUT2D eigenvalue weighted by Gasteiger charge is 2.36. The van der Waals surface area contributed by atoms with Crippen molar-refractivity contribution >= 4 is 0 Å². The standard InChI is InChI=1S/2C31H48O2/c1-27(2,3)21-15-19(16-22(25(21)32)28(4,5)6)31(13,14)20-17-23(29(7,8)9)26(33)24(18-20)30(10,11)12;1-18-20(26(32)24(30(9,10)11)16-22(18)28(3,4)5)15-21-19(2)23(29(6,7)8)17-25(27(21)33)31(12,13)14/h15-18,32-33H,1-14H3;16-17,32-33H,15H2,1-14H3. The van der Waals surface area contributed by atoms with Crippen molar-refractivity contribution in [2.75, 3.05) is 0 Å². The lowest BCUT2D eigenvalue weighted by atomic mass is 9.69. The van der Waals surface area contributed by atoms with Crippen LogP contribution in [-0.2, 0) is 55.2 Å². The molecule has 0 atom stereocenters. The van der Waals surface area contributed by atoms with Gasteiger partial charge in [-0.1, -0.05) is 216 Å². The Bertz CT molecular complexity index is 2100. The molecule has 0 aliphatic heterocycles. The van der Waals surface area contributed by atoms with E-state index in [0.29, 0.717) is 29.4 Å². The fourth-order valence-electron chi connectivity index (χ4n) is 9.40. The monoisotopic (exact) mass is 905 g/mol. The number of phenolic OH excluding ortho intramolecular Hbond substituents is 4. The molecule has 0 saturated carbocycles. The van der Waals surface area contributed by atoms with Gasteiger partial charge in [-0.3, -0.25) is 0 Å². The molecule has 0 radical (unpaired) electrons. The predicted octanol–water partition coefficient (Wildman–Crippen LogP) is 17.1. The molecule has 0 unspecified atom stereocenters. The van der Waals surface area contributed by atoms with Crippen LogP contribution in [0.3, 0.4) is 0 Å². The van der Waals surface area contributed by atoms with Gasteiger partial charge in [-0.2, -0.15) is 0 Å². The molecule has 0 aliphatic carbocycles. The fourth-order valence-corrected chi connectivity index (χ4v) is 9.40. The van der Waals surface area contributed by atoms with Crippen molar-refractivity contribution in [3.8, 4) is 23.0 Å². The Labute approximate surface area is 405 Å². The van der Waals surface area contributed by atoms with Gasteiger partial charge in [0.15, 0.2) is 0 Å². The zero-order valence-corrected chi connectivity index (χ0v) is 47.5. The molecule has 4 N–H and O–H groups in total. The van der Waals surface area contributed by atoms with E-state index >= 15 is 0 Å². The van der Waals surface area contributed by atoms with Gasteiger partial charge in [-0.25, -0.2) is 0 Å². The summed E-state index contributed by atoms with van der Waals surface area (Å²) in [5, 5.41) is 45.5. The van der Waals surface area contributed by atoms with E-state index in [-0.39, 0.29) is 48.7 Å². The number of phenols is 4. The molecule has 4 heteroatoms. The van der Waals surface area contributed by atoms with Crippen LogP contribution < -0.4 is 0 Å². The Morgan fingerprint density at radius 3 is 0.636 bits per heavy atom. The third-order valence-corrected chi connectivity index (χ3v) is 13.9. The van der Waals surface area contributed by atoms with Crippen LogP contribution in [0.2, 0.25) is 0 Å². The highest BCUT2D eigenvalue weighted by molar-refractivity contribution is 5.61. The summed E-state index contributed by atoms with van der Waals surface area (Å²) in [6, 6.07) is 13.1. The van der Waals surface area contributed by atoms with E-state index in [1.807, 2.05) is 0 Å². The van der Waals surface area contributed by atoms with Gasteiger partial charge in [0.1, 0.15) is 23.0 Å².